The van der Waals surface area contributed by atoms with Crippen molar-refractivity contribution in [3.63, 3.8) is 0 Å². The standard InChI is InChI=1S/C72H125NO18/c1-3-5-7-9-11-13-15-17-19-21-23-24-25-26-27-28-29-30-32-34-36-38-40-42-44-46-48-50-60(78)73-55(56(77)49-47-45-43-41-39-37-35-33-31-22-20-18-16-14-12-10-8-6-4-2)54-86-70-66(84)63(81)68(58(52-75)88-70)91-72-67(85)64(82)69(59(53-76)89-72)90-71-65(83)62(80)61(79)57(51-74)87-71/h5,7,11,13,17,19,23-24,26-27,29-30,34,36,55-59,61-72,74-77,79-85H,3-4,6,8-10,12,14-16,18,20-22,25,28,31-33,35,37-54H2,1-2H3,(H,73,78)/b7-5-,13-11-,19-17-,24-23-,27-26-,30-29-,36-34-. The Kier molecular flexibility index (Phi) is 48.0. The Morgan fingerprint density at radius 2 is 0.758 bits per heavy atom. The molecule has 17 unspecified atom stereocenters. The molecule has 0 aromatic carbocycles. The van der Waals surface area contributed by atoms with Crippen LogP contribution in [0.25, 0.3) is 0 Å². The number of carbonyl (C=O) groups is 1. The fourth-order valence-corrected chi connectivity index (χ4v) is 11.5. The third kappa shape index (κ3) is 35.0. The average molecular weight is 1290 g/mol. The summed E-state index contributed by atoms with van der Waals surface area (Å²) in [4.78, 5) is 13.4. The van der Waals surface area contributed by atoms with Gasteiger partial charge in [0.05, 0.1) is 38.6 Å². The first kappa shape index (κ1) is 82.2. The zero-order valence-electron chi connectivity index (χ0n) is 55.5. The van der Waals surface area contributed by atoms with Gasteiger partial charge < -0.3 is 89.9 Å². The third-order valence-corrected chi connectivity index (χ3v) is 17.2. The van der Waals surface area contributed by atoms with E-state index >= 15 is 0 Å². The molecule has 0 saturated carbocycles. The number of aliphatic hydroxyl groups is 11. The van der Waals surface area contributed by atoms with Gasteiger partial charge in [-0.05, 0) is 70.6 Å². The van der Waals surface area contributed by atoms with Crippen molar-refractivity contribution in [3.05, 3.63) is 85.1 Å². The molecule has 19 nitrogen and oxygen atoms in total. The number of ether oxygens (including phenoxy) is 6. The Hall–Kier alpha value is -3.03. The summed E-state index contributed by atoms with van der Waals surface area (Å²) in [5.74, 6) is -0.264. The van der Waals surface area contributed by atoms with Gasteiger partial charge in [-0.1, -0.05) is 240 Å². The second-order valence-electron chi connectivity index (χ2n) is 25.0. The van der Waals surface area contributed by atoms with Gasteiger partial charge in [-0.3, -0.25) is 4.79 Å². The van der Waals surface area contributed by atoms with E-state index in [2.05, 4.69) is 104 Å². The number of rotatable bonds is 53. The van der Waals surface area contributed by atoms with Crippen LogP contribution in [0.2, 0.25) is 0 Å². The summed E-state index contributed by atoms with van der Waals surface area (Å²) in [5, 5.41) is 121. The maximum atomic E-state index is 13.4. The van der Waals surface area contributed by atoms with Crippen molar-refractivity contribution < 1.29 is 89.4 Å². The zero-order chi connectivity index (χ0) is 66.1. The zero-order valence-corrected chi connectivity index (χ0v) is 55.5. The maximum Gasteiger partial charge on any atom is 0.220 e. The van der Waals surface area contributed by atoms with E-state index in [9.17, 15) is 61.0 Å². The minimum Gasteiger partial charge on any atom is -0.394 e. The minimum absolute atomic E-state index is 0.239. The van der Waals surface area contributed by atoms with Crippen molar-refractivity contribution in [2.24, 2.45) is 0 Å². The lowest BCUT2D eigenvalue weighted by molar-refractivity contribution is -0.379. The summed E-state index contributed by atoms with van der Waals surface area (Å²) >= 11 is 0. The molecule has 1 amide bonds. The predicted octanol–water partition coefficient (Wildman–Crippen LogP) is 9.49. The highest BCUT2D eigenvalue weighted by Gasteiger charge is 2.53. The molecule has 12 N–H and O–H groups in total. The third-order valence-electron chi connectivity index (χ3n) is 17.2. The van der Waals surface area contributed by atoms with Crippen LogP contribution < -0.4 is 5.32 Å². The number of carbonyl (C=O) groups excluding carboxylic acids is 1. The summed E-state index contributed by atoms with van der Waals surface area (Å²) in [6.07, 6.45) is 40.7. The van der Waals surface area contributed by atoms with Crippen LogP contribution in [0.1, 0.15) is 232 Å². The molecule has 3 heterocycles. The summed E-state index contributed by atoms with van der Waals surface area (Å²) < 4.78 is 34.4. The van der Waals surface area contributed by atoms with Crippen LogP contribution >= 0.6 is 0 Å². The molecule has 3 aliphatic rings. The van der Waals surface area contributed by atoms with Gasteiger partial charge in [0.15, 0.2) is 18.9 Å². The summed E-state index contributed by atoms with van der Waals surface area (Å²) in [6, 6.07) is -0.905. The highest BCUT2D eigenvalue weighted by Crippen LogP contribution is 2.33. The van der Waals surface area contributed by atoms with Crippen molar-refractivity contribution in [2.45, 2.75) is 336 Å². The molecule has 91 heavy (non-hydrogen) atoms. The first-order chi connectivity index (χ1) is 44.3. The average Bonchev–Trinajstić information content (AvgIpc) is 0.885. The van der Waals surface area contributed by atoms with Gasteiger partial charge in [-0.25, -0.2) is 0 Å². The van der Waals surface area contributed by atoms with Crippen LogP contribution in [0.4, 0.5) is 0 Å². The fraction of sp³-hybridized carbons (Fsp3) is 0.792. The number of allylic oxidation sites excluding steroid dienone is 14. The van der Waals surface area contributed by atoms with E-state index in [4.69, 9.17) is 28.4 Å². The van der Waals surface area contributed by atoms with Crippen LogP contribution in [0, 0.1) is 0 Å². The van der Waals surface area contributed by atoms with E-state index in [-0.39, 0.29) is 18.9 Å². The van der Waals surface area contributed by atoms with Gasteiger partial charge in [0.2, 0.25) is 5.91 Å². The number of nitrogens with one attached hydrogen (secondary N) is 1. The van der Waals surface area contributed by atoms with Crippen molar-refractivity contribution in [3.8, 4) is 0 Å². The van der Waals surface area contributed by atoms with Crippen molar-refractivity contribution >= 4 is 5.91 Å². The first-order valence-electron chi connectivity index (χ1n) is 35.3. The number of aliphatic hydroxyl groups excluding tert-OH is 11. The molecule has 0 bridgehead atoms. The first-order valence-corrected chi connectivity index (χ1v) is 35.3. The molecular weight excluding hydrogens is 1170 g/mol. The highest BCUT2D eigenvalue weighted by molar-refractivity contribution is 5.76. The lowest BCUT2D eigenvalue weighted by Gasteiger charge is -2.48. The van der Waals surface area contributed by atoms with Crippen LogP contribution in [0.3, 0.4) is 0 Å². The highest BCUT2D eigenvalue weighted by atomic mass is 16.8. The normalized spacial score (nSPS) is 28.4. The van der Waals surface area contributed by atoms with Gasteiger partial charge in [0.25, 0.3) is 0 Å². The Bertz CT molecular complexity index is 1980. The molecule has 0 aromatic heterocycles. The van der Waals surface area contributed by atoms with Crippen LogP contribution in [-0.2, 0) is 33.2 Å². The van der Waals surface area contributed by atoms with E-state index in [1.165, 1.54) is 96.3 Å². The Morgan fingerprint density at radius 1 is 0.407 bits per heavy atom. The SMILES string of the molecule is CC/C=C\C/C=C\C/C=C\C/C=C\C/C=C\C/C=C\C/C=C\CCCCCCCC(=O)NC(COC1OC(CO)C(OC2OC(CO)C(OC3OC(CO)C(O)C(O)C3O)C(O)C2O)C(O)C1O)C(O)CCCCCCCCCCCCCCCCCCCCC. The van der Waals surface area contributed by atoms with E-state index in [1.54, 1.807) is 0 Å². The van der Waals surface area contributed by atoms with E-state index in [0.29, 0.717) is 12.8 Å². The minimum atomic E-state index is -1.98. The van der Waals surface area contributed by atoms with E-state index < -0.39 is 124 Å². The largest absolute Gasteiger partial charge is 0.394 e. The fourth-order valence-electron chi connectivity index (χ4n) is 11.5. The Labute approximate surface area is 546 Å². The van der Waals surface area contributed by atoms with Crippen LogP contribution in [-0.4, -0.2) is 193 Å². The van der Waals surface area contributed by atoms with Crippen LogP contribution in [0.15, 0.2) is 85.1 Å². The molecule has 0 aliphatic carbocycles. The second-order valence-corrected chi connectivity index (χ2v) is 25.0. The van der Waals surface area contributed by atoms with E-state index in [0.717, 1.165) is 103 Å². The predicted molar refractivity (Wildman–Crippen MR) is 355 cm³/mol. The summed E-state index contributed by atoms with van der Waals surface area (Å²) in [6.45, 7) is 1.67. The monoisotopic (exact) mass is 1290 g/mol. The number of hydrogen-bond donors (Lipinski definition) is 12. The van der Waals surface area contributed by atoms with Gasteiger partial charge in [0, 0.05) is 6.42 Å². The number of amides is 1. The molecule has 526 valence electrons. The summed E-state index contributed by atoms with van der Waals surface area (Å²) in [5.41, 5.74) is 0. The molecule has 3 saturated heterocycles. The molecular formula is C72H125NO18. The lowest BCUT2D eigenvalue weighted by atomic mass is 9.96. The smallest absolute Gasteiger partial charge is 0.220 e. The maximum absolute atomic E-state index is 13.4. The molecule has 0 radical (unpaired) electrons. The van der Waals surface area contributed by atoms with Gasteiger partial charge >= 0.3 is 0 Å². The molecule has 0 spiro atoms. The van der Waals surface area contributed by atoms with Crippen molar-refractivity contribution in [1.82, 2.24) is 5.32 Å². The molecule has 3 fully saturated rings. The molecule has 17 atom stereocenters. The van der Waals surface area contributed by atoms with Crippen molar-refractivity contribution in [2.75, 3.05) is 26.4 Å². The second kappa shape index (κ2) is 53.2. The molecule has 3 aliphatic heterocycles. The number of unbranched alkanes of at least 4 members (excludes halogenated alkanes) is 23. The molecule has 3 rings (SSSR count). The Balaban J connectivity index is 1.44. The van der Waals surface area contributed by atoms with Crippen LogP contribution in [0.5, 0.6) is 0 Å². The quantitative estimate of drug-likeness (QED) is 0.0199. The van der Waals surface area contributed by atoms with Gasteiger partial charge in [-0.15, -0.1) is 0 Å². The van der Waals surface area contributed by atoms with Gasteiger partial charge in [-0.2, -0.15) is 0 Å². The number of hydrogen-bond acceptors (Lipinski definition) is 18. The topological polar surface area (TPSA) is 307 Å². The Morgan fingerprint density at radius 3 is 1.19 bits per heavy atom. The lowest BCUT2D eigenvalue weighted by Crippen LogP contribution is -2.66. The van der Waals surface area contributed by atoms with E-state index in [1.807, 2.05) is 0 Å². The summed E-state index contributed by atoms with van der Waals surface area (Å²) in [7, 11) is 0. The van der Waals surface area contributed by atoms with Gasteiger partial charge in [0.1, 0.15) is 73.2 Å². The molecule has 0 aromatic rings. The van der Waals surface area contributed by atoms with Crippen molar-refractivity contribution in [1.29, 1.82) is 0 Å². The molecule has 19 heteroatoms.